The molecule has 0 bridgehead atoms. The van der Waals surface area contributed by atoms with Crippen molar-refractivity contribution in [3.05, 3.63) is 109 Å². The number of phenols is 1. The molecular formula is C31H32N2O6S. The quantitative estimate of drug-likeness (QED) is 0.196. The first-order chi connectivity index (χ1) is 19.1. The van der Waals surface area contributed by atoms with E-state index in [1.807, 2.05) is 88.4 Å². The SMILES string of the molecule is Cc1c(C)c2c(c(C)c1O)C(NOCc1ccccc1)=CC(C)(COc1ccc(Cc3sc(=O)[nH]c3O)cc1)O2. The molecule has 40 heavy (non-hydrogen) atoms. The van der Waals surface area contributed by atoms with E-state index < -0.39 is 5.60 Å². The van der Waals surface area contributed by atoms with Crippen LogP contribution in [0.15, 0.2) is 65.5 Å². The van der Waals surface area contributed by atoms with Gasteiger partial charge >= 0.3 is 4.87 Å². The Morgan fingerprint density at radius 2 is 1.70 bits per heavy atom. The third-order valence-electron chi connectivity index (χ3n) is 7.05. The molecule has 9 heteroatoms. The van der Waals surface area contributed by atoms with Crippen LogP contribution in [0.4, 0.5) is 0 Å². The van der Waals surface area contributed by atoms with Crippen LogP contribution in [0.1, 0.15) is 45.2 Å². The van der Waals surface area contributed by atoms with E-state index in [-0.39, 0.29) is 23.1 Å². The number of nitrogens with one attached hydrogen (secondary N) is 2. The maximum absolute atomic E-state index is 11.5. The van der Waals surface area contributed by atoms with Crippen LogP contribution in [0, 0.1) is 20.8 Å². The number of aromatic amines is 1. The Morgan fingerprint density at radius 3 is 2.38 bits per heavy atom. The summed E-state index contributed by atoms with van der Waals surface area (Å²) >= 11 is 0.997. The molecule has 0 aliphatic carbocycles. The van der Waals surface area contributed by atoms with Gasteiger partial charge in [-0.25, -0.2) is 0 Å². The van der Waals surface area contributed by atoms with Crippen LogP contribution < -0.4 is 19.8 Å². The van der Waals surface area contributed by atoms with Crippen LogP contribution >= 0.6 is 11.3 Å². The summed E-state index contributed by atoms with van der Waals surface area (Å²) in [6, 6.07) is 17.4. The lowest BCUT2D eigenvalue weighted by Crippen LogP contribution is -2.41. The molecule has 1 unspecified atom stereocenters. The summed E-state index contributed by atoms with van der Waals surface area (Å²) in [6.07, 6.45) is 2.37. The van der Waals surface area contributed by atoms with Crippen molar-refractivity contribution in [1.82, 2.24) is 10.5 Å². The van der Waals surface area contributed by atoms with Crippen molar-refractivity contribution in [2.45, 2.75) is 46.3 Å². The molecule has 1 atom stereocenters. The van der Waals surface area contributed by atoms with Crippen molar-refractivity contribution < 1.29 is 24.5 Å². The second kappa shape index (κ2) is 11.1. The summed E-state index contributed by atoms with van der Waals surface area (Å²) in [5, 5.41) is 20.6. The molecule has 5 rings (SSSR count). The monoisotopic (exact) mass is 560 g/mol. The number of thiazole rings is 1. The van der Waals surface area contributed by atoms with Gasteiger partial charge in [0.1, 0.15) is 23.9 Å². The van der Waals surface area contributed by atoms with Crippen molar-refractivity contribution in [3.8, 4) is 23.1 Å². The molecule has 0 spiro atoms. The van der Waals surface area contributed by atoms with E-state index >= 15 is 0 Å². The number of hydrogen-bond donors (Lipinski definition) is 4. The number of H-pyrrole nitrogens is 1. The van der Waals surface area contributed by atoms with Gasteiger partial charge in [0, 0.05) is 17.5 Å². The van der Waals surface area contributed by atoms with E-state index in [2.05, 4.69) is 10.5 Å². The van der Waals surface area contributed by atoms with Crippen LogP contribution in [-0.4, -0.2) is 27.4 Å². The van der Waals surface area contributed by atoms with Gasteiger partial charge in [0.25, 0.3) is 0 Å². The highest BCUT2D eigenvalue weighted by Crippen LogP contribution is 2.45. The van der Waals surface area contributed by atoms with Gasteiger partial charge in [-0.2, -0.15) is 0 Å². The lowest BCUT2D eigenvalue weighted by atomic mass is 9.90. The predicted molar refractivity (Wildman–Crippen MR) is 155 cm³/mol. The van der Waals surface area contributed by atoms with Crippen LogP contribution in [0.5, 0.6) is 23.1 Å². The summed E-state index contributed by atoms with van der Waals surface area (Å²) in [5.41, 5.74) is 7.99. The first-order valence-electron chi connectivity index (χ1n) is 12.9. The van der Waals surface area contributed by atoms with Crippen molar-refractivity contribution in [2.24, 2.45) is 0 Å². The molecule has 4 N–H and O–H groups in total. The average molecular weight is 561 g/mol. The zero-order valence-electron chi connectivity index (χ0n) is 22.8. The van der Waals surface area contributed by atoms with Crippen molar-refractivity contribution >= 4 is 17.0 Å². The average Bonchev–Trinajstić information content (AvgIpc) is 3.26. The number of aromatic nitrogens is 1. The fourth-order valence-corrected chi connectivity index (χ4v) is 5.47. The van der Waals surface area contributed by atoms with Gasteiger partial charge in [-0.1, -0.05) is 53.8 Å². The molecule has 3 aromatic carbocycles. The van der Waals surface area contributed by atoms with Gasteiger partial charge in [0.15, 0.2) is 5.60 Å². The number of benzene rings is 3. The van der Waals surface area contributed by atoms with Gasteiger partial charge in [-0.05, 0) is 68.2 Å². The van der Waals surface area contributed by atoms with E-state index in [1.165, 1.54) is 0 Å². The molecule has 0 fully saturated rings. The molecule has 1 aliphatic heterocycles. The minimum Gasteiger partial charge on any atom is -0.507 e. The zero-order chi connectivity index (χ0) is 28.4. The lowest BCUT2D eigenvalue weighted by Gasteiger charge is -2.36. The molecule has 0 amide bonds. The first kappa shape index (κ1) is 27.4. The molecule has 2 heterocycles. The van der Waals surface area contributed by atoms with E-state index in [0.29, 0.717) is 40.7 Å². The third kappa shape index (κ3) is 5.71. The Labute approximate surface area is 236 Å². The number of rotatable bonds is 9. The number of hydrogen-bond acceptors (Lipinski definition) is 8. The Kier molecular flexibility index (Phi) is 7.60. The minimum absolute atomic E-state index is 0.0870. The second-order valence-electron chi connectivity index (χ2n) is 10.2. The summed E-state index contributed by atoms with van der Waals surface area (Å²) in [5.74, 6) is 1.48. The van der Waals surface area contributed by atoms with Crippen LogP contribution in [0.25, 0.3) is 5.70 Å². The van der Waals surface area contributed by atoms with Gasteiger partial charge in [-0.3, -0.25) is 20.1 Å². The largest absolute Gasteiger partial charge is 0.507 e. The lowest BCUT2D eigenvalue weighted by molar-refractivity contribution is 0.0521. The highest BCUT2D eigenvalue weighted by Gasteiger charge is 2.35. The summed E-state index contributed by atoms with van der Waals surface area (Å²) in [6.45, 7) is 8.19. The minimum atomic E-state index is -0.839. The maximum atomic E-state index is 11.5. The fraction of sp³-hybridized carbons (Fsp3) is 0.258. The Hall–Kier alpha value is -4.21. The topological polar surface area (TPSA) is 113 Å². The molecule has 0 saturated carbocycles. The van der Waals surface area contributed by atoms with Gasteiger partial charge in [0.2, 0.25) is 5.88 Å². The Bertz CT molecular complexity index is 1610. The smallest absolute Gasteiger partial charge is 0.307 e. The highest BCUT2D eigenvalue weighted by molar-refractivity contribution is 7.09. The van der Waals surface area contributed by atoms with Gasteiger partial charge in [-0.15, -0.1) is 0 Å². The summed E-state index contributed by atoms with van der Waals surface area (Å²) in [7, 11) is 0. The normalized spacial score (nSPS) is 16.1. The number of phenolic OH excluding ortho intramolecular Hbond substituents is 1. The highest BCUT2D eigenvalue weighted by atomic mass is 32.1. The predicted octanol–water partition coefficient (Wildman–Crippen LogP) is 5.66. The van der Waals surface area contributed by atoms with E-state index in [1.54, 1.807) is 0 Å². The molecule has 0 saturated heterocycles. The Morgan fingerprint density at radius 1 is 0.975 bits per heavy atom. The van der Waals surface area contributed by atoms with E-state index in [0.717, 1.165) is 39.2 Å². The first-order valence-corrected chi connectivity index (χ1v) is 13.7. The number of hydroxylamine groups is 1. The standard InChI is InChI=1S/C31H32N2O6S/c1-18-19(2)28-26(20(3)27(18)34)24(33-38-16-22-8-6-5-7-9-22)15-31(4,39-28)17-37-23-12-10-21(11-13-23)14-25-29(35)32-30(36)40-25/h5-13,15,33-35H,14,16-17H2,1-4H3,(H,32,36). The van der Waals surface area contributed by atoms with Crippen molar-refractivity contribution in [2.75, 3.05) is 6.61 Å². The fourth-order valence-electron chi connectivity index (χ4n) is 4.71. The van der Waals surface area contributed by atoms with Crippen molar-refractivity contribution in [1.29, 1.82) is 0 Å². The molecular weight excluding hydrogens is 528 g/mol. The van der Waals surface area contributed by atoms with E-state index in [9.17, 15) is 15.0 Å². The summed E-state index contributed by atoms with van der Waals surface area (Å²) < 4.78 is 12.7. The third-order valence-corrected chi connectivity index (χ3v) is 7.92. The maximum Gasteiger partial charge on any atom is 0.307 e. The number of fused-ring (bicyclic) bond motifs is 1. The molecule has 4 aromatic rings. The van der Waals surface area contributed by atoms with Crippen LogP contribution in [0.2, 0.25) is 0 Å². The Balaban J connectivity index is 1.35. The summed E-state index contributed by atoms with van der Waals surface area (Å²) in [4.78, 5) is 20.0. The van der Waals surface area contributed by atoms with Crippen LogP contribution in [-0.2, 0) is 17.9 Å². The zero-order valence-corrected chi connectivity index (χ0v) is 23.6. The van der Waals surface area contributed by atoms with Gasteiger partial charge < -0.3 is 19.7 Å². The number of aromatic hydroxyl groups is 2. The number of ether oxygens (including phenoxy) is 2. The van der Waals surface area contributed by atoms with Crippen molar-refractivity contribution in [3.63, 3.8) is 0 Å². The molecule has 1 aromatic heterocycles. The molecule has 1 aliphatic rings. The molecule has 8 nitrogen and oxygen atoms in total. The van der Waals surface area contributed by atoms with E-state index in [4.69, 9.17) is 14.3 Å². The molecule has 0 radical (unpaired) electrons. The second-order valence-corrected chi connectivity index (χ2v) is 11.2. The van der Waals surface area contributed by atoms with Crippen LogP contribution in [0.3, 0.4) is 0 Å². The van der Waals surface area contributed by atoms with Gasteiger partial charge in [0.05, 0.1) is 17.2 Å². The molecule has 208 valence electrons.